The van der Waals surface area contributed by atoms with Crippen molar-refractivity contribution in [2.45, 2.75) is 4.94 Å². The third-order valence-electron chi connectivity index (χ3n) is 3.72. The van der Waals surface area contributed by atoms with Crippen LogP contribution in [-0.2, 0) is 0 Å². The van der Waals surface area contributed by atoms with Crippen LogP contribution in [0, 0.1) is 0 Å². The number of rotatable bonds is 4. The number of nitrogens with zero attached hydrogens (tertiary/aromatic N) is 3. The molecule has 0 fully saturated rings. The molecule has 0 aliphatic carbocycles. The topological polar surface area (TPSA) is 30.7 Å². The summed E-state index contributed by atoms with van der Waals surface area (Å²) in [5, 5.41) is 9.50. The Hall–Kier alpha value is -2.13. The molecule has 1 unspecified atom stereocenters. The van der Waals surface area contributed by atoms with E-state index in [1.54, 1.807) is 0 Å². The molecule has 1 heterocycles. The number of para-hydroxylation sites is 1. The van der Waals surface area contributed by atoms with Gasteiger partial charge in [0.2, 0.25) is 0 Å². The number of hydrogen-bond acceptors (Lipinski definition) is 2. The van der Waals surface area contributed by atoms with Gasteiger partial charge in [0.1, 0.15) is 0 Å². The molecule has 0 radical (unpaired) electrons. The van der Waals surface area contributed by atoms with E-state index in [2.05, 4.69) is 46.7 Å². The Kier molecular flexibility index (Phi) is 4.35. The van der Waals surface area contributed by atoms with Crippen LogP contribution in [0.5, 0.6) is 0 Å². The van der Waals surface area contributed by atoms with Crippen molar-refractivity contribution in [2.24, 2.45) is 0 Å². The molecule has 0 spiro atoms. The van der Waals surface area contributed by atoms with Crippen LogP contribution in [0.3, 0.4) is 0 Å². The van der Waals surface area contributed by atoms with Crippen molar-refractivity contribution in [3.05, 3.63) is 89.4 Å². The van der Waals surface area contributed by atoms with E-state index in [-0.39, 0.29) is 19.9 Å². The normalized spacial score (nSPS) is 12.4. The van der Waals surface area contributed by atoms with Crippen LogP contribution in [0.25, 0.3) is 11.0 Å². The fraction of sp³-hybridized carbons (Fsp3) is 0.0526. The molecular weight excluding hydrogens is 385 g/mol. The monoisotopic (exact) mass is 399 g/mol. The zero-order valence-electron chi connectivity index (χ0n) is 12.7. The van der Waals surface area contributed by atoms with Crippen molar-refractivity contribution in [3.8, 4) is 0 Å². The van der Waals surface area contributed by atoms with Crippen LogP contribution in [0.15, 0.2) is 78.9 Å². The summed E-state index contributed by atoms with van der Waals surface area (Å²) in [4.78, 5) is 0.103. The average molecular weight is 399 g/mol. The fourth-order valence-electron chi connectivity index (χ4n) is 2.61. The number of halogens is 1. The Balaban J connectivity index is 1.83. The molecule has 3 nitrogen and oxygen atoms in total. The maximum absolute atomic E-state index is 6.23. The van der Waals surface area contributed by atoms with Gasteiger partial charge in [-0.2, -0.15) is 0 Å². The molecule has 0 aliphatic heterocycles. The summed E-state index contributed by atoms with van der Waals surface area (Å²) >= 11 is 6.39. The Morgan fingerprint density at radius 3 is 2.50 bits per heavy atom. The predicted molar refractivity (Wildman–Crippen MR) is 98.9 cm³/mol. The van der Waals surface area contributed by atoms with Gasteiger partial charge in [0, 0.05) is 0 Å². The molecule has 0 amide bonds. The first-order valence-electron chi connectivity index (χ1n) is 7.58. The van der Waals surface area contributed by atoms with Gasteiger partial charge in [0.25, 0.3) is 0 Å². The molecule has 0 bridgehead atoms. The number of benzene rings is 3. The van der Waals surface area contributed by atoms with Gasteiger partial charge in [-0.15, -0.1) is 0 Å². The standard InChI is InChI=1S/C19H14ClN3Se/c20-15-8-6-7-14(13-15)19(24-16-9-2-1-3-10-16)23-18-12-5-4-11-17(18)21-22-23/h1-13,19H. The van der Waals surface area contributed by atoms with Crippen LogP contribution >= 0.6 is 11.6 Å². The Bertz CT molecular complexity index is 968. The van der Waals surface area contributed by atoms with Gasteiger partial charge in [0.05, 0.1) is 0 Å². The second-order valence-electron chi connectivity index (χ2n) is 5.36. The summed E-state index contributed by atoms with van der Waals surface area (Å²) in [5.41, 5.74) is 3.11. The summed E-state index contributed by atoms with van der Waals surface area (Å²) in [5.74, 6) is 0. The van der Waals surface area contributed by atoms with Crippen molar-refractivity contribution in [1.29, 1.82) is 0 Å². The summed E-state index contributed by atoms with van der Waals surface area (Å²) < 4.78 is 3.34. The zero-order chi connectivity index (χ0) is 16.4. The van der Waals surface area contributed by atoms with Gasteiger partial charge >= 0.3 is 151 Å². The molecule has 4 rings (SSSR count). The quantitative estimate of drug-likeness (QED) is 0.491. The SMILES string of the molecule is Clc1cccc(C([Se]c2ccccc2)n2nnc3ccccc32)c1. The molecule has 5 heteroatoms. The molecule has 0 N–H and O–H groups in total. The molecule has 3 aromatic carbocycles. The summed E-state index contributed by atoms with van der Waals surface area (Å²) in [6.07, 6.45) is 0. The van der Waals surface area contributed by atoms with E-state index in [1.807, 2.05) is 47.1 Å². The molecule has 24 heavy (non-hydrogen) atoms. The summed E-state index contributed by atoms with van der Waals surface area (Å²) in [6.45, 7) is 0. The average Bonchev–Trinajstić information content (AvgIpc) is 3.04. The van der Waals surface area contributed by atoms with Crippen LogP contribution in [0.4, 0.5) is 0 Å². The number of hydrogen-bond donors (Lipinski definition) is 0. The molecular formula is C19H14ClN3Se. The maximum atomic E-state index is 6.23. The van der Waals surface area contributed by atoms with Crippen molar-refractivity contribution >= 4 is 42.1 Å². The summed E-state index contributed by atoms with van der Waals surface area (Å²) in [6, 6.07) is 26.6. The first-order chi connectivity index (χ1) is 11.8. The zero-order valence-corrected chi connectivity index (χ0v) is 15.2. The van der Waals surface area contributed by atoms with E-state index < -0.39 is 0 Å². The van der Waals surface area contributed by atoms with E-state index in [0.717, 1.165) is 21.6 Å². The van der Waals surface area contributed by atoms with Gasteiger partial charge in [-0.1, -0.05) is 0 Å². The Morgan fingerprint density at radius 1 is 0.875 bits per heavy atom. The van der Waals surface area contributed by atoms with E-state index in [9.17, 15) is 0 Å². The first kappa shape index (κ1) is 15.4. The van der Waals surface area contributed by atoms with Crippen LogP contribution in [0.1, 0.15) is 10.5 Å². The minimum absolute atomic E-state index is 0.103. The van der Waals surface area contributed by atoms with Gasteiger partial charge in [-0.25, -0.2) is 0 Å². The van der Waals surface area contributed by atoms with E-state index in [1.165, 1.54) is 4.46 Å². The fourth-order valence-corrected chi connectivity index (χ4v) is 5.14. The van der Waals surface area contributed by atoms with Crippen molar-refractivity contribution in [3.63, 3.8) is 0 Å². The van der Waals surface area contributed by atoms with Crippen molar-refractivity contribution in [1.82, 2.24) is 15.0 Å². The Morgan fingerprint density at radius 2 is 1.67 bits per heavy atom. The number of aromatic nitrogens is 3. The molecule has 4 aromatic rings. The van der Waals surface area contributed by atoms with E-state index >= 15 is 0 Å². The molecule has 0 aliphatic rings. The van der Waals surface area contributed by atoms with Gasteiger partial charge in [0.15, 0.2) is 0 Å². The van der Waals surface area contributed by atoms with E-state index in [0.29, 0.717) is 0 Å². The van der Waals surface area contributed by atoms with Gasteiger partial charge in [-0.3, -0.25) is 0 Å². The number of fused-ring (bicyclic) bond motifs is 1. The van der Waals surface area contributed by atoms with Crippen molar-refractivity contribution < 1.29 is 0 Å². The predicted octanol–water partition coefficient (Wildman–Crippen LogP) is 3.66. The van der Waals surface area contributed by atoms with Gasteiger partial charge in [-0.05, 0) is 0 Å². The van der Waals surface area contributed by atoms with Crippen LogP contribution in [-0.4, -0.2) is 30.0 Å². The molecule has 118 valence electrons. The van der Waals surface area contributed by atoms with Gasteiger partial charge < -0.3 is 0 Å². The Labute approximate surface area is 151 Å². The van der Waals surface area contributed by atoms with Crippen LogP contribution < -0.4 is 4.46 Å². The third-order valence-corrected chi connectivity index (χ3v) is 6.56. The van der Waals surface area contributed by atoms with E-state index in [4.69, 9.17) is 11.6 Å². The van der Waals surface area contributed by atoms with Crippen molar-refractivity contribution in [2.75, 3.05) is 0 Å². The first-order valence-corrected chi connectivity index (χ1v) is 9.81. The molecule has 0 saturated heterocycles. The summed E-state index contributed by atoms with van der Waals surface area (Å²) in [7, 11) is 0. The third kappa shape index (κ3) is 3.09. The molecule has 1 atom stereocenters. The second kappa shape index (κ2) is 6.78. The van der Waals surface area contributed by atoms with Crippen LogP contribution in [0.2, 0.25) is 5.02 Å². The minimum atomic E-state index is 0.103. The second-order valence-corrected chi connectivity index (χ2v) is 8.22. The molecule has 1 aromatic heterocycles. The molecule has 0 saturated carbocycles.